The lowest BCUT2D eigenvalue weighted by Crippen LogP contribution is -2.61. The molecule has 0 saturated heterocycles. The summed E-state index contributed by atoms with van der Waals surface area (Å²) in [7, 11) is 0. The molecule has 0 N–H and O–H groups in total. The first kappa shape index (κ1) is 49.9. The van der Waals surface area contributed by atoms with E-state index in [0.29, 0.717) is 0 Å². The summed E-state index contributed by atoms with van der Waals surface area (Å²) in [6.07, 6.45) is 3.95. The van der Waals surface area contributed by atoms with Crippen LogP contribution in [-0.2, 0) is 31.1 Å². The van der Waals surface area contributed by atoms with Gasteiger partial charge in [-0.1, -0.05) is 223 Å². The molecule has 4 aliphatic rings. The van der Waals surface area contributed by atoms with Crippen LogP contribution in [-0.4, -0.2) is 15.8 Å². The highest BCUT2D eigenvalue weighted by molar-refractivity contribution is 7.00. The molecule has 1 spiro atoms. The number of hydrogen-bond acceptors (Lipinski definition) is 0. The number of hydrogen-bond donors (Lipinski definition) is 0. The smallest absolute Gasteiger partial charge is 0.252 e. The fourth-order valence-corrected chi connectivity index (χ4v) is 16.5. The molecule has 402 valence electrons. The summed E-state index contributed by atoms with van der Waals surface area (Å²) in [6.45, 7) is 28.8. The third kappa shape index (κ3) is 7.07. The van der Waals surface area contributed by atoms with Crippen LogP contribution in [0, 0.1) is 21.7 Å². The van der Waals surface area contributed by atoms with Crippen LogP contribution in [0.25, 0.3) is 99.1 Å². The van der Waals surface area contributed by atoms with Gasteiger partial charge in [0.2, 0.25) is 0 Å². The Morgan fingerprint density at radius 3 is 1.40 bits per heavy atom. The minimum Gasteiger partial charge on any atom is -0.310 e. The van der Waals surface area contributed by atoms with Crippen molar-refractivity contribution in [3.05, 3.63) is 220 Å². The molecule has 0 amide bonds. The van der Waals surface area contributed by atoms with Gasteiger partial charge in [0.05, 0.1) is 22.1 Å². The number of aromatic nitrogens is 2. The summed E-state index contributed by atoms with van der Waals surface area (Å²) in [6, 6.07) is 70.4. The van der Waals surface area contributed by atoms with E-state index >= 15 is 0 Å². The third-order valence-electron chi connectivity index (χ3n) is 18.8. The van der Waals surface area contributed by atoms with E-state index in [2.05, 4.69) is 268 Å². The Balaban J connectivity index is 1.18. The number of nitrogens with zero attached hydrogens (tertiary/aromatic N) is 2. The maximum absolute atomic E-state index is 2.84. The maximum Gasteiger partial charge on any atom is 0.252 e. The minimum absolute atomic E-state index is 0.0504. The van der Waals surface area contributed by atoms with Crippen molar-refractivity contribution in [2.24, 2.45) is 21.7 Å². The highest BCUT2D eigenvalue weighted by atomic mass is 15.1. The molecular weight excluding hydrogens is 988 g/mol. The van der Waals surface area contributed by atoms with Gasteiger partial charge >= 0.3 is 0 Å². The SMILES string of the molecule is CC(C)(C)Cc1ccc2c(c1)c1cc(CC(C)(C)C)cc3c1n2-c1c(-c2cccc4c(-c5ccccc5)cccc24)cc2c4c1B3c1cc(CC(C)(C)C)cc3c5cc(CC(C)(C)C)cc(c5n-4c13)C21c2ccccc2-c2ccccc21. The zero-order valence-electron chi connectivity index (χ0n) is 50.0. The van der Waals surface area contributed by atoms with E-state index in [0.717, 1.165) is 25.7 Å². The standard InChI is InChI=1S/C79H73BN2/c1-75(2,3)42-46-32-33-68-57(34-46)58-36-48(44-77(7,8)9)39-66-71(58)81(68)73-61(54-29-21-27-52-51(26-20-28-53(52)54)50-22-14-13-15-23-50)41-65-74-69(73)80(66)67-40-49(45-78(10,11)12)37-60-59-35-47(43-76(4,5)6)38-64(70(59)82(74)72(60)67)79(65)62-30-18-16-24-55(62)56-25-17-19-31-63(56)79/h13-41H,42-45H2,1-12H3. The highest BCUT2D eigenvalue weighted by Crippen LogP contribution is 2.63. The molecular formula is C79H73BN2. The van der Waals surface area contributed by atoms with Crippen molar-refractivity contribution in [3.63, 3.8) is 0 Å². The van der Waals surface area contributed by atoms with Crippen molar-refractivity contribution in [3.8, 4) is 44.8 Å². The fraction of sp³-hybridized carbons (Fsp3) is 0.266. The van der Waals surface area contributed by atoms with Crippen molar-refractivity contribution in [1.82, 2.24) is 9.13 Å². The lowest BCUT2D eigenvalue weighted by atomic mass is 9.33. The Morgan fingerprint density at radius 2 is 0.805 bits per heavy atom. The first-order chi connectivity index (χ1) is 39.1. The van der Waals surface area contributed by atoms with E-state index in [1.807, 2.05) is 0 Å². The second-order valence-electron chi connectivity index (χ2n) is 30.1. The second-order valence-corrected chi connectivity index (χ2v) is 30.1. The average molecular weight is 1060 g/mol. The van der Waals surface area contributed by atoms with Crippen LogP contribution < -0.4 is 16.4 Å². The first-order valence-electron chi connectivity index (χ1n) is 30.4. The molecule has 82 heavy (non-hydrogen) atoms. The summed E-state index contributed by atoms with van der Waals surface area (Å²) in [5.74, 6) is 0. The van der Waals surface area contributed by atoms with Crippen LogP contribution in [0.3, 0.4) is 0 Å². The quantitative estimate of drug-likeness (QED) is 0.147. The molecule has 1 aliphatic carbocycles. The van der Waals surface area contributed by atoms with Crippen LogP contribution in [0.5, 0.6) is 0 Å². The van der Waals surface area contributed by atoms with Crippen molar-refractivity contribution >= 4 is 77.5 Å². The number of rotatable bonds is 6. The summed E-state index contributed by atoms with van der Waals surface area (Å²) in [5, 5.41) is 8.05. The van der Waals surface area contributed by atoms with Gasteiger partial charge < -0.3 is 9.13 Å². The van der Waals surface area contributed by atoms with E-state index < -0.39 is 5.41 Å². The summed E-state index contributed by atoms with van der Waals surface area (Å²) < 4.78 is 5.63. The van der Waals surface area contributed by atoms with Gasteiger partial charge in [0.1, 0.15) is 0 Å². The van der Waals surface area contributed by atoms with Gasteiger partial charge in [-0.15, -0.1) is 0 Å². The minimum atomic E-state index is -0.636. The molecule has 0 atom stereocenters. The lowest BCUT2D eigenvalue weighted by molar-refractivity contribution is 0.411. The van der Waals surface area contributed by atoms with E-state index in [1.54, 1.807) is 0 Å². The van der Waals surface area contributed by atoms with Gasteiger partial charge in [-0.3, -0.25) is 0 Å². The largest absolute Gasteiger partial charge is 0.310 e. The normalized spacial score (nSPS) is 14.6. The molecule has 5 heterocycles. The molecule has 0 fully saturated rings. The molecule has 0 saturated carbocycles. The number of benzene rings is 10. The second kappa shape index (κ2) is 16.7. The molecule has 0 radical (unpaired) electrons. The Morgan fingerprint density at radius 1 is 0.329 bits per heavy atom. The Labute approximate surface area is 484 Å². The summed E-state index contributed by atoms with van der Waals surface area (Å²) >= 11 is 0. The van der Waals surface area contributed by atoms with Crippen molar-refractivity contribution in [2.75, 3.05) is 0 Å². The van der Waals surface area contributed by atoms with Gasteiger partial charge in [-0.05, 0) is 183 Å². The van der Waals surface area contributed by atoms with Crippen molar-refractivity contribution in [2.45, 2.75) is 114 Å². The van der Waals surface area contributed by atoms with Crippen LogP contribution in [0.15, 0.2) is 176 Å². The Bertz CT molecular complexity index is 4730. The lowest BCUT2D eigenvalue weighted by Gasteiger charge is -2.45. The maximum atomic E-state index is 2.84. The molecule has 2 aromatic heterocycles. The molecule has 0 bridgehead atoms. The highest BCUT2D eigenvalue weighted by Gasteiger charge is 2.55. The van der Waals surface area contributed by atoms with E-state index in [-0.39, 0.29) is 28.4 Å². The first-order valence-corrected chi connectivity index (χ1v) is 30.4. The molecule has 3 aliphatic heterocycles. The predicted molar refractivity (Wildman–Crippen MR) is 352 cm³/mol. The van der Waals surface area contributed by atoms with E-state index in [9.17, 15) is 0 Å². The van der Waals surface area contributed by atoms with Gasteiger partial charge in [-0.25, -0.2) is 0 Å². The third-order valence-corrected chi connectivity index (χ3v) is 18.8. The van der Waals surface area contributed by atoms with Crippen molar-refractivity contribution in [1.29, 1.82) is 0 Å². The van der Waals surface area contributed by atoms with Crippen LogP contribution >= 0.6 is 0 Å². The predicted octanol–water partition coefficient (Wildman–Crippen LogP) is 18.5. The zero-order chi connectivity index (χ0) is 56.3. The molecule has 2 nitrogen and oxygen atoms in total. The topological polar surface area (TPSA) is 9.86 Å². The van der Waals surface area contributed by atoms with Crippen LogP contribution in [0.2, 0.25) is 0 Å². The fourth-order valence-electron chi connectivity index (χ4n) is 16.5. The van der Waals surface area contributed by atoms with E-state index in [1.165, 1.54) is 160 Å². The van der Waals surface area contributed by atoms with Gasteiger partial charge in [0.25, 0.3) is 6.71 Å². The van der Waals surface area contributed by atoms with Crippen LogP contribution in [0.4, 0.5) is 0 Å². The Kier molecular flexibility index (Phi) is 10.1. The monoisotopic (exact) mass is 1060 g/mol. The molecule has 16 rings (SSSR count). The molecule has 10 aromatic carbocycles. The summed E-state index contributed by atoms with van der Waals surface area (Å²) in [5.41, 5.74) is 31.1. The number of fused-ring (bicyclic) bond motifs is 15. The molecule has 3 heteroatoms. The summed E-state index contributed by atoms with van der Waals surface area (Å²) in [4.78, 5) is 0. The van der Waals surface area contributed by atoms with Crippen LogP contribution in [0.1, 0.15) is 128 Å². The van der Waals surface area contributed by atoms with Gasteiger partial charge in [-0.2, -0.15) is 0 Å². The zero-order valence-corrected chi connectivity index (χ0v) is 50.0. The molecule has 12 aromatic rings. The van der Waals surface area contributed by atoms with Crippen molar-refractivity contribution < 1.29 is 0 Å². The molecule has 0 unspecified atom stereocenters. The van der Waals surface area contributed by atoms with E-state index in [4.69, 9.17) is 0 Å². The average Bonchev–Trinajstić information content (AvgIpc) is 1.39. The van der Waals surface area contributed by atoms with Gasteiger partial charge in [0, 0.05) is 43.8 Å². The van der Waals surface area contributed by atoms with Gasteiger partial charge in [0.15, 0.2) is 0 Å². The Hall–Kier alpha value is -7.88.